The van der Waals surface area contributed by atoms with Gasteiger partial charge >= 0.3 is 11.9 Å². The van der Waals surface area contributed by atoms with Crippen molar-refractivity contribution in [3.05, 3.63) is 71.5 Å². The predicted octanol–water partition coefficient (Wildman–Crippen LogP) is 4.41. The minimum atomic E-state index is -1.29. The Morgan fingerprint density at radius 2 is 1.77 bits per heavy atom. The third kappa shape index (κ3) is 3.65. The molecule has 0 atom stereocenters. The Hall–Kier alpha value is -4.00. The molecule has 150 valence electrons. The number of hydrogen-bond donors (Lipinski definition) is 1. The number of carboxylic acid groups (broad SMARTS) is 1. The van der Waals surface area contributed by atoms with E-state index in [2.05, 4.69) is 9.97 Å². The van der Waals surface area contributed by atoms with Gasteiger partial charge in [-0.05, 0) is 44.2 Å². The zero-order chi connectivity index (χ0) is 21.3. The zero-order valence-corrected chi connectivity index (χ0v) is 16.4. The number of esters is 1. The number of nitrogens with zero attached hydrogens (tertiary/aromatic N) is 2. The molecule has 0 spiro atoms. The van der Waals surface area contributed by atoms with E-state index in [1.54, 1.807) is 18.2 Å². The normalized spacial score (nSPS) is 10.9. The maximum atomic E-state index is 12.8. The van der Waals surface area contributed by atoms with Crippen molar-refractivity contribution in [2.24, 2.45) is 0 Å². The van der Waals surface area contributed by atoms with Crippen LogP contribution in [0.1, 0.15) is 33.5 Å². The summed E-state index contributed by atoms with van der Waals surface area (Å²) in [6.45, 7) is 4.17. The van der Waals surface area contributed by atoms with Gasteiger partial charge in [-0.3, -0.25) is 0 Å². The van der Waals surface area contributed by atoms with Gasteiger partial charge in [-0.2, -0.15) is 0 Å². The van der Waals surface area contributed by atoms with Gasteiger partial charge in [-0.25, -0.2) is 19.6 Å². The van der Waals surface area contributed by atoms with Gasteiger partial charge in [0.1, 0.15) is 5.75 Å². The number of aromatic carboxylic acids is 1. The molecule has 0 unspecified atom stereocenters. The molecule has 0 saturated carbocycles. The van der Waals surface area contributed by atoms with Gasteiger partial charge in [0.05, 0.1) is 17.6 Å². The molecule has 7 heteroatoms. The van der Waals surface area contributed by atoms with Crippen LogP contribution in [0.5, 0.6) is 11.5 Å². The zero-order valence-electron chi connectivity index (χ0n) is 16.4. The van der Waals surface area contributed by atoms with E-state index in [1.807, 2.05) is 38.1 Å². The standard InChI is InChI=1S/C23H18N2O5/c1-3-29-19-12-18(24-17-7-5-4-6-15(17)19)23(28)30-20-11-14-10-13(2)8-9-16(14)25-21(20)22(26)27/h4-12H,3H2,1-2H3,(H,26,27). The first-order valence-corrected chi connectivity index (χ1v) is 9.35. The van der Waals surface area contributed by atoms with Crippen LogP contribution >= 0.6 is 0 Å². The van der Waals surface area contributed by atoms with E-state index in [9.17, 15) is 14.7 Å². The number of rotatable bonds is 5. The number of aryl methyl sites for hydroxylation is 1. The van der Waals surface area contributed by atoms with Crippen molar-refractivity contribution in [3.63, 3.8) is 0 Å². The van der Waals surface area contributed by atoms with Crippen molar-refractivity contribution in [2.45, 2.75) is 13.8 Å². The van der Waals surface area contributed by atoms with Crippen molar-refractivity contribution in [3.8, 4) is 11.5 Å². The molecule has 0 bridgehead atoms. The average molecular weight is 402 g/mol. The number of carboxylic acids is 1. The summed E-state index contributed by atoms with van der Waals surface area (Å²) < 4.78 is 11.1. The molecule has 0 radical (unpaired) electrons. The van der Waals surface area contributed by atoms with Crippen molar-refractivity contribution < 1.29 is 24.2 Å². The van der Waals surface area contributed by atoms with E-state index in [0.29, 0.717) is 28.8 Å². The molecule has 4 aromatic rings. The monoisotopic (exact) mass is 402 g/mol. The van der Waals surface area contributed by atoms with Crippen molar-refractivity contribution in [1.82, 2.24) is 9.97 Å². The van der Waals surface area contributed by atoms with E-state index in [-0.39, 0.29) is 17.1 Å². The summed E-state index contributed by atoms with van der Waals surface area (Å²) in [4.78, 5) is 33.0. The molecule has 0 aliphatic heterocycles. The van der Waals surface area contributed by atoms with Crippen LogP contribution in [0.15, 0.2) is 54.6 Å². The molecule has 7 nitrogen and oxygen atoms in total. The third-order valence-electron chi connectivity index (χ3n) is 4.53. The number of ether oxygens (including phenoxy) is 2. The first-order chi connectivity index (χ1) is 14.5. The van der Waals surface area contributed by atoms with Crippen molar-refractivity contribution in [2.75, 3.05) is 6.61 Å². The number of carbonyl (C=O) groups is 2. The Labute approximate surface area is 171 Å². The van der Waals surface area contributed by atoms with Crippen LogP contribution in [0.2, 0.25) is 0 Å². The summed E-state index contributed by atoms with van der Waals surface area (Å²) in [5, 5.41) is 11.0. The molecule has 0 aliphatic carbocycles. The van der Waals surface area contributed by atoms with Crippen LogP contribution < -0.4 is 9.47 Å². The molecule has 2 aromatic heterocycles. The van der Waals surface area contributed by atoms with Gasteiger partial charge in [0, 0.05) is 16.8 Å². The fourth-order valence-corrected chi connectivity index (χ4v) is 3.18. The minimum Gasteiger partial charge on any atom is -0.493 e. The summed E-state index contributed by atoms with van der Waals surface area (Å²) in [7, 11) is 0. The largest absolute Gasteiger partial charge is 0.493 e. The highest BCUT2D eigenvalue weighted by Gasteiger charge is 2.21. The fourth-order valence-electron chi connectivity index (χ4n) is 3.18. The predicted molar refractivity (Wildman–Crippen MR) is 111 cm³/mol. The Balaban J connectivity index is 1.77. The molecular weight excluding hydrogens is 384 g/mol. The van der Waals surface area contributed by atoms with Crippen LogP contribution in [-0.2, 0) is 0 Å². The van der Waals surface area contributed by atoms with E-state index in [1.165, 1.54) is 12.1 Å². The lowest BCUT2D eigenvalue weighted by molar-refractivity contribution is 0.0673. The Morgan fingerprint density at radius 1 is 0.967 bits per heavy atom. The fraction of sp³-hybridized carbons (Fsp3) is 0.130. The summed E-state index contributed by atoms with van der Waals surface area (Å²) in [6.07, 6.45) is 0. The Kier molecular flexibility index (Phi) is 5.02. The van der Waals surface area contributed by atoms with Gasteiger partial charge in [0.2, 0.25) is 0 Å². The van der Waals surface area contributed by atoms with Gasteiger partial charge in [-0.1, -0.05) is 23.8 Å². The second-order valence-corrected chi connectivity index (χ2v) is 6.68. The quantitative estimate of drug-likeness (QED) is 0.494. The lowest BCUT2D eigenvalue weighted by Gasteiger charge is -2.11. The Morgan fingerprint density at radius 3 is 2.53 bits per heavy atom. The molecule has 4 rings (SSSR count). The summed E-state index contributed by atoms with van der Waals surface area (Å²) in [5.41, 5.74) is 1.71. The lowest BCUT2D eigenvalue weighted by atomic mass is 10.1. The summed E-state index contributed by atoms with van der Waals surface area (Å²) in [5.74, 6) is -1.72. The van der Waals surface area contributed by atoms with E-state index in [4.69, 9.17) is 9.47 Å². The number of para-hydroxylation sites is 1. The topological polar surface area (TPSA) is 98.6 Å². The number of aromatic nitrogens is 2. The first-order valence-electron chi connectivity index (χ1n) is 9.35. The minimum absolute atomic E-state index is 0.0119. The van der Waals surface area contributed by atoms with Crippen molar-refractivity contribution in [1.29, 1.82) is 0 Å². The van der Waals surface area contributed by atoms with Crippen LogP contribution in [0.4, 0.5) is 0 Å². The molecule has 2 aromatic carbocycles. The highest BCUT2D eigenvalue weighted by molar-refractivity contribution is 5.98. The van der Waals surface area contributed by atoms with Crippen LogP contribution in [0.3, 0.4) is 0 Å². The highest BCUT2D eigenvalue weighted by Crippen LogP contribution is 2.28. The second-order valence-electron chi connectivity index (χ2n) is 6.68. The lowest BCUT2D eigenvalue weighted by Crippen LogP contribution is -2.14. The molecule has 0 saturated heterocycles. The second kappa shape index (κ2) is 7.79. The Bertz CT molecular complexity index is 1300. The SMILES string of the molecule is CCOc1cc(C(=O)Oc2cc3cc(C)ccc3nc2C(=O)O)nc2ccccc12. The van der Waals surface area contributed by atoms with Gasteiger partial charge in [0.25, 0.3) is 0 Å². The summed E-state index contributed by atoms with van der Waals surface area (Å²) in [6, 6.07) is 15.7. The molecule has 2 heterocycles. The number of fused-ring (bicyclic) bond motifs is 2. The van der Waals surface area contributed by atoms with Crippen LogP contribution in [0, 0.1) is 6.92 Å². The number of carbonyl (C=O) groups excluding carboxylic acids is 1. The maximum absolute atomic E-state index is 12.8. The highest BCUT2D eigenvalue weighted by atomic mass is 16.5. The maximum Gasteiger partial charge on any atom is 0.362 e. The third-order valence-corrected chi connectivity index (χ3v) is 4.53. The van der Waals surface area contributed by atoms with E-state index >= 15 is 0 Å². The van der Waals surface area contributed by atoms with Gasteiger partial charge in [-0.15, -0.1) is 0 Å². The number of benzene rings is 2. The van der Waals surface area contributed by atoms with E-state index in [0.717, 1.165) is 10.9 Å². The molecule has 30 heavy (non-hydrogen) atoms. The molecule has 0 aliphatic rings. The first kappa shape index (κ1) is 19.3. The van der Waals surface area contributed by atoms with E-state index < -0.39 is 11.9 Å². The van der Waals surface area contributed by atoms with Gasteiger partial charge < -0.3 is 14.6 Å². The number of hydrogen-bond acceptors (Lipinski definition) is 6. The molecule has 1 N–H and O–H groups in total. The van der Waals surface area contributed by atoms with Crippen LogP contribution in [0.25, 0.3) is 21.8 Å². The van der Waals surface area contributed by atoms with Crippen molar-refractivity contribution >= 4 is 33.7 Å². The number of pyridine rings is 2. The molecule has 0 amide bonds. The smallest absolute Gasteiger partial charge is 0.362 e. The summed E-state index contributed by atoms with van der Waals surface area (Å²) >= 11 is 0. The van der Waals surface area contributed by atoms with Crippen LogP contribution in [-0.4, -0.2) is 33.6 Å². The molecule has 0 fully saturated rings. The van der Waals surface area contributed by atoms with Gasteiger partial charge in [0.15, 0.2) is 17.1 Å². The average Bonchev–Trinajstić information content (AvgIpc) is 2.73. The molecular formula is C23H18N2O5.